The zero-order valence-electron chi connectivity index (χ0n) is 17.2. The van der Waals surface area contributed by atoms with Crippen LogP contribution in [-0.2, 0) is 16.0 Å². The largest absolute Gasteiger partial charge is 0.497 e. The van der Waals surface area contributed by atoms with Crippen molar-refractivity contribution in [2.75, 3.05) is 13.7 Å². The molecule has 0 saturated carbocycles. The molecule has 2 amide bonds. The molecule has 3 N–H and O–H groups in total. The van der Waals surface area contributed by atoms with Crippen molar-refractivity contribution in [1.82, 2.24) is 15.7 Å². The molecule has 0 aliphatic heterocycles. The molecule has 1 aromatic heterocycles. The Hall–Kier alpha value is -3.61. The van der Waals surface area contributed by atoms with E-state index in [9.17, 15) is 9.59 Å². The van der Waals surface area contributed by atoms with Gasteiger partial charge >= 0.3 is 0 Å². The van der Waals surface area contributed by atoms with E-state index in [0.717, 1.165) is 39.9 Å². The van der Waals surface area contributed by atoms with Crippen molar-refractivity contribution < 1.29 is 14.3 Å². The highest BCUT2D eigenvalue weighted by Crippen LogP contribution is 2.19. The normalized spacial score (nSPS) is 11.0. The zero-order valence-corrected chi connectivity index (χ0v) is 17.2. The summed E-state index contributed by atoms with van der Waals surface area (Å²) in [5.74, 6) is 0.285. The van der Waals surface area contributed by atoms with Crippen LogP contribution < -0.4 is 15.5 Å². The van der Waals surface area contributed by atoms with Crippen molar-refractivity contribution in [3.05, 3.63) is 65.4 Å². The molecular weight excluding hydrogens is 380 g/mol. The highest BCUT2D eigenvalue weighted by Gasteiger charge is 2.07. The number of rotatable bonds is 9. The third kappa shape index (κ3) is 5.70. The fourth-order valence-electron chi connectivity index (χ4n) is 3.19. The molecule has 3 aromatic rings. The van der Waals surface area contributed by atoms with Gasteiger partial charge in [-0.1, -0.05) is 30.3 Å². The molecule has 0 spiro atoms. The second kappa shape index (κ2) is 10.2. The average molecular weight is 406 g/mol. The van der Waals surface area contributed by atoms with E-state index < -0.39 is 0 Å². The Morgan fingerprint density at radius 3 is 2.63 bits per heavy atom. The lowest BCUT2D eigenvalue weighted by atomic mass is 10.1. The second-order valence-corrected chi connectivity index (χ2v) is 6.98. The number of aromatic amines is 1. The van der Waals surface area contributed by atoms with E-state index in [4.69, 9.17) is 4.74 Å². The number of ether oxygens (including phenoxy) is 1. The number of methoxy groups -OCH3 is 1. The van der Waals surface area contributed by atoms with Gasteiger partial charge in [0, 0.05) is 28.6 Å². The molecule has 0 aliphatic carbocycles. The van der Waals surface area contributed by atoms with Crippen LogP contribution in [0.2, 0.25) is 0 Å². The van der Waals surface area contributed by atoms with Crippen LogP contribution in [0.5, 0.6) is 5.75 Å². The van der Waals surface area contributed by atoms with E-state index in [1.165, 1.54) is 0 Å². The summed E-state index contributed by atoms with van der Waals surface area (Å²) in [4.78, 5) is 27.1. The zero-order chi connectivity index (χ0) is 21.3. The third-order valence-corrected chi connectivity index (χ3v) is 4.80. The maximum Gasteiger partial charge on any atom is 0.259 e. The predicted molar refractivity (Wildman–Crippen MR) is 118 cm³/mol. The van der Waals surface area contributed by atoms with E-state index in [1.54, 1.807) is 13.3 Å². The summed E-state index contributed by atoms with van der Waals surface area (Å²) in [6.45, 7) is 1.85. The number of hydrogen-bond acceptors (Lipinski definition) is 4. The van der Waals surface area contributed by atoms with Crippen molar-refractivity contribution in [3.8, 4) is 5.75 Å². The summed E-state index contributed by atoms with van der Waals surface area (Å²) >= 11 is 0. The van der Waals surface area contributed by atoms with Crippen LogP contribution >= 0.6 is 0 Å². The molecule has 2 aromatic carbocycles. The number of nitrogens with one attached hydrogen (secondary N) is 3. The molecule has 0 saturated heterocycles. The molecule has 7 heteroatoms. The Bertz CT molecular complexity index is 1040. The van der Waals surface area contributed by atoms with Gasteiger partial charge in [0.2, 0.25) is 5.91 Å². The first-order valence-electron chi connectivity index (χ1n) is 9.85. The number of aryl methyl sites for hydroxylation is 2. The average Bonchev–Trinajstić information content (AvgIpc) is 3.08. The van der Waals surface area contributed by atoms with Gasteiger partial charge in [0.15, 0.2) is 0 Å². The Kier molecular flexibility index (Phi) is 7.21. The number of hydrazone groups is 1. The lowest BCUT2D eigenvalue weighted by Crippen LogP contribution is -2.34. The molecule has 156 valence electrons. The lowest BCUT2D eigenvalue weighted by molar-refractivity contribution is -0.126. The Labute approximate surface area is 175 Å². The van der Waals surface area contributed by atoms with Gasteiger partial charge in [-0.15, -0.1) is 0 Å². The van der Waals surface area contributed by atoms with Gasteiger partial charge in [-0.2, -0.15) is 5.10 Å². The number of para-hydroxylation sites is 1. The molecule has 0 atom stereocenters. The topological polar surface area (TPSA) is 95.6 Å². The lowest BCUT2D eigenvalue weighted by Gasteiger charge is -2.05. The maximum atomic E-state index is 11.9. The van der Waals surface area contributed by atoms with Crippen LogP contribution in [0.15, 0.2) is 53.6 Å². The molecule has 30 heavy (non-hydrogen) atoms. The number of carbonyl (C=O) groups excluding carboxylic acids is 2. The molecule has 0 unspecified atom stereocenters. The minimum Gasteiger partial charge on any atom is -0.497 e. The van der Waals surface area contributed by atoms with Gasteiger partial charge < -0.3 is 15.0 Å². The SMILES string of the molecule is COc1ccc(CCCC(=O)NCC(=O)N/N=C/c2c(C)[nH]c3ccccc23)cc1. The van der Waals surface area contributed by atoms with Crippen LogP contribution in [0.3, 0.4) is 0 Å². The van der Waals surface area contributed by atoms with Crippen molar-refractivity contribution in [2.24, 2.45) is 5.10 Å². The summed E-state index contributed by atoms with van der Waals surface area (Å²) < 4.78 is 5.13. The smallest absolute Gasteiger partial charge is 0.259 e. The number of hydrogen-bond donors (Lipinski definition) is 3. The fraction of sp³-hybridized carbons (Fsp3) is 0.261. The van der Waals surface area contributed by atoms with Crippen LogP contribution in [0.25, 0.3) is 10.9 Å². The van der Waals surface area contributed by atoms with E-state index in [1.807, 2.05) is 55.5 Å². The predicted octanol–water partition coefficient (Wildman–Crippen LogP) is 3.07. The maximum absolute atomic E-state index is 11.9. The highest BCUT2D eigenvalue weighted by atomic mass is 16.5. The van der Waals surface area contributed by atoms with Gasteiger partial charge in [-0.05, 0) is 43.5 Å². The summed E-state index contributed by atoms with van der Waals surface area (Å²) in [5, 5.41) is 7.67. The van der Waals surface area contributed by atoms with Gasteiger partial charge in [0.05, 0.1) is 19.9 Å². The number of H-pyrrole nitrogens is 1. The Balaban J connectivity index is 1.38. The molecule has 0 fully saturated rings. The molecule has 7 nitrogen and oxygen atoms in total. The number of aromatic nitrogens is 1. The fourth-order valence-corrected chi connectivity index (χ4v) is 3.19. The third-order valence-electron chi connectivity index (χ3n) is 4.80. The van der Waals surface area contributed by atoms with Crippen LogP contribution in [0.1, 0.15) is 29.7 Å². The summed E-state index contributed by atoms with van der Waals surface area (Å²) in [7, 11) is 1.63. The van der Waals surface area contributed by atoms with Gasteiger partial charge in [0.25, 0.3) is 5.91 Å². The first kappa shape index (κ1) is 21.1. The van der Waals surface area contributed by atoms with Crippen LogP contribution in [0, 0.1) is 6.92 Å². The van der Waals surface area contributed by atoms with Crippen molar-refractivity contribution in [1.29, 1.82) is 0 Å². The van der Waals surface area contributed by atoms with E-state index in [2.05, 4.69) is 20.8 Å². The molecule has 0 bridgehead atoms. The van der Waals surface area contributed by atoms with Gasteiger partial charge in [-0.25, -0.2) is 5.43 Å². The number of nitrogens with zero attached hydrogens (tertiary/aromatic N) is 1. The van der Waals surface area contributed by atoms with Crippen molar-refractivity contribution >= 4 is 28.9 Å². The highest BCUT2D eigenvalue weighted by molar-refractivity contribution is 6.00. The Morgan fingerprint density at radius 2 is 1.87 bits per heavy atom. The number of amides is 2. The van der Waals surface area contributed by atoms with Crippen molar-refractivity contribution in [2.45, 2.75) is 26.2 Å². The molecule has 3 rings (SSSR count). The van der Waals surface area contributed by atoms with Crippen LogP contribution in [0.4, 0.5) is 0 Å². The standard InChI is InChI=1S/C23H26N4O3/c1-16-20(19-7-3-4-8-21(19)26-16)14-25-27-23(29)15-24-22(28)9-5-6-17-10-12-18(30-2)13-11-17/h3-4,7-8,10-14,26H,5-6,9,15H2,1-2H3,(H,24,28)(H,27,29)/b25-14+. The monoisotopic (exact) mass is 406 g/mol. The summed E-state index contributed by atoms with van der Waals surface area (Å²) in [6.07, 6.45) is 3.47. The van der Waals surface area contributed by atoms with E-state index in [0.29, 0.717) is 12.8 Å². The van der Waals surface area contributed by atoms with Crippen molar-refractivity contribution in [3.63, 3.8) is 0 Å². The molecule has 0 radical (unpaired) electrons. The van der Waals surface area contributed by atoms with Crippen LogP contribution in [-0.4, -0.2) is 36.7 Å². The Morgan fingerprint density at radius 1 is 1.10 bits per heavy atom. The summed E-state index contributed by atoms with van der Waals surface area (Å²) in [6, 6.07) is 15.7. The molecular formula is C23H26N4O3. The molecule has 1 heterocycles. The number of carbonyl (C=O) groups is 2. The summed E-state index contributed by atoms with van der Waals surface area (Å²) in [5.41, 5.74) is 6.51. The van der Waals surface area contributed by atoms with E-state index in [-0.39, 0.29) is 18.4 Å². The number of fused-ring (bicyclic) bond motifs is 1. The second-order valence-electron chi connectivity index (χ2n) is 6.98. The van der Waals surface area contributed by atoms with E-state index >= 15 is 0 Å². The molecule has 0 aliphatic rings. The van der Waals surface area contributed by atoms with Gasteiger partial charge in [-0.3, -0.25) is 9.59 Å². The number of benzene rings is 2. The van der Waals surface area contributed by atoms with Gasteiger partial charge in [0.1, 0.15) is 5.75 Å². The quantitative estimate of drug-likeness (QED) is 0.376. The first-order valence-corrected chi connectivity index (χ1v) is 9.85. The first-order chi connectivity index (χ1) is 14.6. The minimum atomic E-state index is -0.368. The minimum absolute atomic E-state index is 0.106.